The summed E-state index contributed by atoms with van der Waals surface area (Å²) in [6.45, 7) is 0. The molecule has 0 atom stereocenters. The van der Waals surface area contributed by atoms with E-state index >= 15 is 0 Å². The van der Waals surface area contributed by atoms with Crippen LogP contribution >= 0.6 is 23.2 Å². The number of aromatic amines is 1. The van der Waals surface area contributed by atoms with Gasteiger partial charge in [0.1, 0.15) is 5.02 Å². The van der Waals surface area contributed by atoms with Crippen LogP contribution in [0.25, 0.3) is 0 Å². The number of hydrogen-bond acceptors (Lipinski definition) is 1. The van der Waals surface area contributed by atoms with Crippen molar-refractivity contribution in [3.05, 3.63) is 33.2 Å². The standard InChI is InChI=1S/C6H5Cl2NO/c7-2-4-1-6(10)5(8)3-9-4/h1,3H,2H2,(H,9,10). The van der Waals surface area contributed by atoms with Gasteiger partial charge in [-0.3, -0.25) is 4.79 Å². The first kappa shape index (κ1) is 7.63. The van der Waals surface area contributed by atoms with Crippen molar-refractivity contribution >= 4 is 23.2 Å². The molecule has 0 amide bonds. The molecule has 0 radical (unpaired) electrons. The van der Waals surface area contributed by atoms with Gasteiger partial charge in [0.05, 0.1) is 5.88 Å². The topological polar surface area (TPSA) is 32.9 Å². The first-order chi connectivity index (χ1) is 4.74. The zero-order valence-corrected chi connectivity index (χ0v) is 6.54. The van der Waals surface area contributed by atoms with Crippen molar-refractivity contribution in [2.75, 3.05) is 0 Å². The van der Waals surface area contributed by atoms with E-state index in [4.69, 9.17) is 23.2 Å². The van der Waals surface area contributed by atoms with Crippen molar-refractivity contribution in [1.29, 1.82) is 0 Å². The third-order valence-electron chi connectivity index (χ3n) is 1.07. The molecule has 0 aliphatic heterocycles. The number of H-pyrrole nitrogens is 1. The van der Waals surface area contributed by atoms with Crippen LogP contribution in [-0.2, 0) is 5.88 Å². The SMILES string of the molecule is O=c1cc(CCl)[nH]cc1Cl. The van der Waals surface area contributed by atoms with E-state index in [-0.39, 0.29) is 10.5 Å². The van der Waals surface area contributed by atoms with E-state index in [1.165, 1.54) is 12.3 Å². The fourth-order valence-corrected chi connectivity index (χ4v) is 0.837. The van der Waals surface area contributed by atoms with E-state index in [0.717, 1.165) is 0 Å². The largest absolute Gasteiger partial charge is 0.362 e. The van der Waals surface area contributed by atoms with Gasteiger partial charge in [-0.1, -0.05) is 11.6 Å². The summed E-state index contributed by atoms with van der Waals surface area (Å²) in [5.74, 6) is 0.298. The van der Waals surface area contributed by atoms with Crippen molar-refractivity contribution in [1.82, 2.24) is 4.98 Å². The van der Waals surface area contributed by atoms with Gasteiger partial charge >= 0.3 is 0 Å². The van der Waals surface area contributed by atoms with E-state index in [2.05, 4.69) is 4.98 Å². The molecule has 0 aliphatic rings. The summed E-state index contributed by atoms with van der Waals surface area (Å²) >= 11 is 10.9. The minimum atomic E-state index is -0.198. The molecule has 0 aromatic carbocycles. The summed E-state index contributed by atoms with van der Waals surface area (Å²) in [6.07, 6.45) is 1.43. The molecule has 10 heavy (non-hydrogen) atoms. The number of alkyl halides is 1. The molecule has 0 spiro atoms. The molecule has 0 saturated carbocycles. The van der Waals surface area contributed by atoms with Crippen LogP contribution in [0.2, 0.25) is 5.02 Å². The number of hydrogen-bond donors (Lipinski definition) is 1. The van der Waals surface area contributed by atoms with E-state index in [0.29, 0.717) is 11.6 Å². The van der Waals surface area contributed by atoms with E-state index < -0.39 is 0 Å². The highest BCUT2D eigenvalue weighted by atomic mass is 35.5. The molecule has 0 aliphatic carbocycles. The highest BCUT2D eigenvalue weighted by Gasteiger charge is 1.95. The lowest BCUT2D eigenvalue weighted by Crippen LogP contribution is -2.02. The fourth-order valence-electron chi connectivity index (χ4n) is 0.573. The summed E-state index contributed by atoms with van der Waals surface area (Å²) in [4.78, 5) is 13.6. The molecular weight excluding hydrogens is 173 g/mol. The van der Waals surface area contributed by atoms with Gasteiger partial charge in [0.15, 0.2) is 5.43 Å². The van der Waals surface area contributed by atoms with Gasteiger partial charge in [-0.2, -0.15) is 0 Å². The van der Waals surface area contributed by atoms with E-state index in [9.17, 15) is 4.79 Å². The van der Waals surface area contributed by atoms with Crippen LogP contribution in [0.1, 0.15) is 5.69 Å². The van der Waals surface area contributed by atoms with Crippen LogP contribution in [-0.4, -0.2) is 4.98 Å². The molecule has 0 fully saturated rings. The number of halogens is 2. The number of nitrogens with one attached hydrogen (secondary N) is 1. The monoisotopic (exact) mass is 177 g/mol. The van der Waals surface area contributed by atoms with Crippen LogP contribution in [0.5, 0.6) is 0 Å². The first-order valence-electron chi connectivity index (χ1n) is 2.67. The molecule has 1 heterocycles. The Morgan fingerprint density at radius 3 is 2.80 bits per heavy atom. The summed E-state index contributed by atoms with van der Waals surface area (Å²) < 4.78 is 0. The van der Waals surface area contributed by atoms with Gasteiger partial charge in [0.25, 0.3) is 0 Å². The van der Waals surface area contributed by atoms with E-state index in [1.807, 2.05) is 0 Å². The van der Waals surface area contributed by atoms with Crippen molar-refractivity contribution < 1.29 is 0 Å². The van der Waals surface area contributed by atoms with Gasteiger partial charge in [0, 0.05) is 18.0 Å². The molecule has 0 unspecified atom stereocenters. The molecule has 0 bridgehead atoms. The van der Waals surface area contributed by atoms with Crippen LogP contribution in [0.4, 0.5) is 0 Å². The Morgan fingerprint density at radius 2 is 2.30 bits per heavy atom. The number of pyridine rings is 1. The second-order valence-corrected chi connectivity index (χ2v) is 2.48. The highest BCUT2D eigenvalue weighted by Crippen LogP contribution is 2.00. The molecule has 4 heteroatoms. The smallest absolute Gasteiger partial charge is 0.200 e. The van der Waals surface area contributed by atoms with Gasteiger partial charge in [-0.05, 0) is 0 Å². The number of aromatic nitrogens is 1. The summed E-state index contributed by atoms with van der Waals surface area (Å²) in [7, 11) is 0. The molecule has 2 nitrogen and oxygen atoms in total. The summed E-state index contributed by atoms with van der Waals surface area (Å²) in [5.41, 5.74) is 0.479. The second kappa shape index (κ2) is 3.08. The first-order valence-corrected chi connectivity index (χ1v) is 3.58. The lowest BCUT2D eigenvalue weighted by atomic mass is 10.4. The molecule has 1 aromatic heterocycles. The minimum absolute atomic E-state index is 0.189. The highest BCUT2D eigenvalue weighted by molar-refractivity contribution is 6.30. The van der Waals surface area contributed by atoms with Crippen molar-refractivity contribution in [3.8, 4) is 0 Å². The van der Waals surface area contributed by atoms with Crippen molar-refractivity contribution in [2.24, 2.45) is 0 Å². The lowest BCUT2D eigenvalue weighted by molar-refractivity contribution is 1.16. The zero-order valence-electron chi connectivity index (χ0n) is 5.03. The Hall–Kier alpha value is -0.470. The Kier molecular flexibility index (Phi) is 2.35. The van der Waals surface area contributed by atoms with Crippen LogP contribution in [0.3, 0.4) is 0 Å². The van der Waals surface area contributed by atoms with E-state index in [1.54, 1.807) is 0 Å². The third-order valence-corrected chi connectivity index (χ3v) is 1.65. The maximum absolute atomic E-state index is 10.8. The van der Waals surface area contributed by atoms with Crippen LogP contribution in [0, 0.1) is 0 Å². The van der Waals surface area contributed by atoms with Gasteiger partial charge in [-0.15, -0.1) is 11.6 Å². The van der Waals surface area contributed by atoms with Gasteiger partial charge in [-0.25, -0.2) is 0 Å². The average Bonchev–Trinajstić information content (AvgIpc) is 1.95. The zero-order chi connectivity index (χ0) is 7.56. The molecule has 54 valence electrons. The van der Waals surface area contributed by atoms with Crippen molar-refractivity contribution in [3.63, 3.8) is 0 Å². The molecule has 1 N–H and O–H groups in total. The molecule has 1 rings (SSSR count). The van der Waals surface area contributed by atoms with Gasteiger partial charge in [0.2, 0.25) is 0 Å². The Labute approximate surface area is 67.8 Å². The normalized spacial score (nSPS) is 9.80. The molecule has 1 aromatic rings. The Balaban J connectivity index is 3.17. The lowest BCUT2D eigenvalue weighted by Gasteiger charge is -1.93. The molecular formula is C6H5Cl2NO. The number of rotatable bonds is 1. The van der Waals surface area contributed by atoms with Crippen LogP contribution in [0.15, 0.2) is 17.1 Å². The quantitative estimate of drug-likeness (QED) is 0.653. The average molecular weight is 178 g/mol. The Bertz CT molecular complexity index is 281. The fraction of sp³-hybridized carbons (Fsp3) is 0.167. The third kappa shape index (κ3) is 1.52. The van der Waals surface area contributed by atoms with Crippen LogP contribution < -0.4 is 5.43 Å². The minimum Gasteiger partial charge on any atom is -0.362 e. The molecule has 0 saturated heterocycles. The maximum atomic E-state index is 10.8. The van der Waals surface area contributed by atoms with Crippen molar-refractivity contribution in [2.45, 2.75) is 5.88 Å². The Morgan fingerprint density at radius 1 is 1.60 bits per heavy atom. The summed E-state index contributed by atoms with van der Waals surface area (Å²) in [5, 5.41) is 0.189. The predicted octanol–water partition coefficient (Wildman–Crippen LogP) is 1.77. The summed E-state index contributed by atoms with van der Waals surface area (Å²) in [6, 6.07) is 1.38. The second-order valence-electron chi connectivity index (χ2n) is 1.80. The van der Waals surface area contributed by atoms with Gasteiger partial charge < -0.3 is 4.98 Å². The predicted molar refractivity (Wildman–Crippen MR) is 41.6 cm³/mol. The maximum Gasteiger partial charge on any atom is 0.200 e.